The molecule has 0 saturated heterocycles. The number of nitrogens with one attached hydrogen (secondary N) is 1. The number of fused-ring (bicyclic) bond motifs is 1. The molecule has 2 heterocycles. The van der Waals surface area contributed by atoms with Crippen LogP contribution in [0.25, 0.3) is 11.0 Å². The molecule has 1 amide bonds. The zero-order valence-corrected chi connectivity index (χ0v) is 15.0. The lowest BCUT2D eigenvalue weighted by molar-refractivity contribution is 0.0904. The largest absolute Gasteiger partial charge is 0.485 e. The molecular weight excluding hydrogens is 354 g/mol. The van der Waals surface area contributed by atoms with Gasteiger partial charge < -0.3 is 23.7 Å². The summed E-state index contributed by atoms with van der Waals surface area (Å²) < 4.78 is 20.6. The molecule has 0 aliphatic carbocycles. The lowest BCUT2D eigenvalue weighted by atomic mass is 10.1. The first-order valence-electron chi connectivity index (χ1n) is 8.34. The quantitative estimate of drug-likeness (QED) is 0.469. The Kier molecular flexibility index (Phi) is 5.82. The van der Waals surface area contributed by atoms with Gasteiger partial charge in [0.05, 0.1) is 0 Å². The monoisotopic (exact) mass is 373 g/mol. The molecule has 142 valence electrons. The van der Waals surface area contributed by atoms with E-state index in [0.29, 0.717) is 30.9 Å². The number of amides is 1. The van der Waals surface area contributed by atoms with Crippen molar-refractivity contribution >= 4 is 16.9 Å². The number of nitrogens with zero attached hydrogens (tertiary/aromatic N) is 2. The Bertz CT molecular complexity index is 994. The third-order valence-corrected chi connectivity index (χ3v) is 3.76. The van der Waals surface area contributed by atoms with Gasteiger partial charge in [0.15, 0.2) is 6.61 Å². The second kappa shape index (κ2) is 8.45. The van der Waals surface area contributed by atoms with Crippen LogP contribution in [0.15, 0.2) is 38.0 Å². The molecule has 1 aromatic carbocycles. The maximum absolute atomic E-state index is 11.9. The maximum Gasteiger partial charge on any atom is 0.336 e. The number of benzene rings is 1. The number of methoxy groups -OCH3 is 1. The van der Waals surface area contributed by atoms with Crippen molar-refractivity contribution < 1.29 is 23.2 Å². The minimum atomic E-state index is -0.451. The summed E-state index contributed by atoms with van der Waals surface area (Å²) in [5.74, 6) is 0.119. The molecule has 0 bridgehead atoms. The van der Waals surface area contributed by atoms with E-state index >= 15 is 0 Å². The number of aryl methyl sites for hydroxylation is 1. The van der Waals surface area contributed by atoms with Gasteiger partial charge in [-0.1, -0.05) is 5.16 Å². The van der Waals surface area contributed by atoms with Crippen molar-refractivity contribution in [2.24, 2.45) is 0 Å². The molecular formula is C18H19N3O6. The van der Waals surface area contributed by atoms with Gasteiger partial charge in [0.1, 0.15) is 11.3 Å². The molecule has 0 spiro atoms. The van der Waals surface area contributed by atoms with E-state index < -0.39 is 11.5 Å². The molecule has 3 aromatic rings. The van der Waals surface area contributed by atoms with Gasteiger partial charge in [-0.15, -0.1) is 0 Å². The van der Waals surface area contributed by atoms with Crippen molar-refractivity contribution in [3.63, 3.8) is 0 Å². The Hall–Kier alpha value is -3.20. The highest BCUT2D eigenvalue weighted by atomic mass is 16.5. The number of hydrogen-bond donors (Lipinski definition) is 1. The Morgan fingerprint density at radius 2 is 2.15 bits per heavy atom. The smallest absolute Gasteiger partial charge is 0.336 e. The third kappa shape index (κ3) is 4.70. The normalized spacial score (nSPS) is 10.9. The molecule has 0 unspecified atom stereocenters. The number of rotatable bonds is 8. The lowest BCUT2D eigenvalue weighted by Gasteiger charge is -2.05. The molecule has 0 atom stereocenters. The predicted molar refractivity (Wildman–Crippen MR) is 94.7 cm³/mol. The summed E-state index contributed by atoms with van der Waals surface area (Å²) in [7, 11) is 1.59. The van der Waals surface area contributed by atoms with Gasteiger partial charge in [-0.2, -0.15) is 4.98 Å². The number of hydrogen-bond acceptors (Lipinski definition) is 8. The van der Waals surface area contributed by atoms with E-state index in [0.717, 1.165) is 10.9 Å². The topological polar surface area (TPSA) is 117 Å². The van der Waals surface area contributed by atoms with Gasteiger partial charge in [0.25, 0.3) is 0 Å². The first kappa shape index (κ1) is 18.6. The highest BCUT2D eigenvalue weighted by Gasteiger charge is 2.15. The van der Waals surface area contributed by atoms with Crippen LogP contribution in [0.4, 0.5) is 0 Å². The summed E-state index contributed by atoms with van der Waals surface area (Å²) in [6.45, 7) is 2.83. The molecule has 0 saturated carbocycles. The van der Waals surface area contributed by atoms with Crippen molar-refractivity contribution in [3.05, 3.63) is 52.0 Å². The zero-order valence-electron chi connectivity index (χ0n) is 15.0. The summed E-state index contributed by atoms with van der Waals surface area (Å²) in [5, 5.41) is 7.20. The molecule has 0 fully saturated rings. The van der Waals surface area contributed by atoms with Crippen LogP contribution in [0.2, 0.25) is 0 Å². The van der Waals surface area contributed by atoms with Gasteiger partial charge >= 0.3 is 17.4 Å². The average molecular weight is 373 g/mol. The van der Waals surface area contributed by atoms with Crippen LogP contribution in [0.5, 0.6) is 5.75 Å². The number of ether oxygens (including phenoxy) is 2. The molecule has 3 rings (SSSR count). The Morgan fingerprint density at radius 3 is 2.96 bits per heavy atom. The van der Waals surface area contributed by atoms with Crippen molar-refractivity contribution in [1.29, 1.82) is 0 Å². The van der Waals surface area contributed by atoms with Gasteiger partial charge in [0, 0.05) is 37.8 Å². The van der Waals surface area contributed by atoms with E-state index in [9.17, 15) is 9.59 Å². The van der Waals surface area contributed by atoms with Crippen LogP contribution in [-0.2, 0) is 11.3 Å². The fraction of sp³-hybridized carbons (Fsp3) is 0.333. The van der Waals surface area contributed by atoms with Gasteiger partial charge in [-0.05, 0) is 31.0 Å². The third-order valence-electron chi connectivity index (χ3n) is 3.76. The minimum Gasteiger partial charge on any atom is -0.485 e. The minimum absolute atomic E-state index is 0.00199. The van der Waals surface area contributed by atoms with Gasteiger partial charge in [-0.25, -0.2) is 4.79 Å². The Balaban J connectivity index is 1.60. The predicted octanol–water partition coefficient (Wildman–Crippen LogP) is 1.83. The fourth-order valence-corrected chi connectivity index (χ4v) is 2.44. The van der Waals surface area contributed by atoms with Crippen molar-refractivity contribution in [2.75, 3.05) is 20.3 Å². The molecule has 0 radical (unpaired) electrons. The first-order valence-corrected chi connectivity index (χ1v) is 8.34. The van der Waals surface area contributed by atoms with Gasteiger partial charge in [-0.3, -0.25) is 4.79 Å². The first-order chi connectivity index (χ1) is 13.1. The molecule has 27 heavy (non-hydrogen) atoms. The van der Waals surface area contributed by atoms with Crippen LogP contribution in [0, 0.1) is 6.92 Å². The van der Waals surface area contributed by atoms with E-state index in [4.69, 9.17) is 18.4 Å². The van der Waals surface area contributed by atoms with Crippen molar-refractivity contribution in [1.82, 2.24) is 15.5 Å². The Morgan fingerprint density at radius 1 is 1.30 bits per heavy atom. The highest BCUT2D eigenvalue weighted by Crippen LogP contribution is 2.22. The van der Waals surface area contributed by atoms with Crippen LogP contribution >= 0.6 is 0 Å². The maximum atomic E-state index is 11.9. The SMILES string of the molecule is COCCCNC(=O)c1nc(COc2ccc3c(C)cc(=O)oc3c2)no1. The van der Waals surface area contributed by atoms with Gasteiger partial charge in [0.2, 0.25) is 5.82 Å². The molecule has 0 aliphatic rings. The number of carbonyl (C=O) groups is 1. The van der Waals surface area contributed by atoms with Crippen molar-refractivity contribution in [2.45, 2.75) is 20.0 Å². The Labute approximate surface area is 154 Å². The molecule has 0 aliphatic heterocycles. The van der Waals surface area contributed by atoms with Crippen LogP contribution < -0.4 is 15.7 Å². The standard InChI is InChI=1S/C18H19N3O6/c1-11-8-16(22)26-14-9-12(4-5-13(11)14)25-10-15-20-18(27-21-15)17(23)19-6-3-7-24-2/h4-5,8-9H,3,6-7,10H2,1-2H3,(H,19,23). The highest BCUT2D eigenvalue weighted by molar-refractivity contribution is 5.89. The van der Waals surface area contributed by atoms with E-state index in [-0.39, 0.29) is 18.3 Å². The van der Waals surface area contributed by atoms with Crippen LogP contribution in [0.1, 0.15) is 28.5 Å². The van der Waals surface area contributed by atoms with E-state index in [2.05, 4.69) is 15.5 Å². The zero-order chi connectivity index (χ0) is 19.2. The molecule has 1 N–H and O–H groups in total. The summed E-state index contributed by atoms with van der Waals surface area (Å²) >= 11 is 0. The van der Waals surface area contributed by atoms with Crippen molar-refractivity contribution in [3.8, 4) is 5.75 Å². The average Bonchev–Trinajstić information content (AvgIpc) is 3.12. The molecule has 9 heteroatoms. The number of aromatic nitrogens is 2. The summed E-state index contributed by atoms with van der Waals surface area (Å²) in [6.07, 6.45) is 0.684. The van der Waals surface area contributed by atoms with E-state index in [1.807, 2.05) is 6.92 Å². The van der Waals surface area contributed by atoms with E-state index in [1.54, 1.807) is 25.3 Å². The number of carbonyl (C=O) groups excluding carboxylic acids is 1. The van der Waals surface area contributed by atoms with E-state index in [1.165, 1.54) is 6.07 Å². The molecule has 2 aromatic heterocycles. The van der Waals surface area contributed by atoms with Crippen LogP contribution in [-0.4, -0.2) is 36.3 Å². The second-order valence-electron chi connectivity index (χ2n) is 5.81. The summed E-state index contributed by atoms with van der Waals surface area (Å²) in [6, 6.07) is 6.61. The fourth-order valence-electron chi connectivity index (χ4n) is 2.44. The summed E-state index contributed by atoms with van der Waals surface area (Å²) in [5.41, 5.74) is 0.838. The molecule has 9 nitrogen and oxygen atoms in total. The lowest BCUT2D eigenvalue weighted by Crippen LogP contribution is -2.25. The van der Waals surface area contributed by atoms with Crippen LogP contribution in [0.3, 0.4) is 0 Å². The summed E-state index contributed by atoms with van der Waals surface area (Å²) in [4.78, 5) is 27.4. The second-order valence-corrected chi connectivity index (χ2v) is 5.81.